The molecule has 0 aromatic carbocycles. The molecule has 0 amide bonds. The first-order valence-electron chi connectivity index (χ1n) is 6.28. The fourth-order valence-electron chi connectivity index (χ4n) is 1.99. The van der Waals surface area contributed by atoms with E-state index in [2.05, 4.69) is 34.1 Å². The summed E-state index contributed by atoms with van der Waals surface area (Å²) in [6.45, 7) is 3.98. The van der Waals surface area contributed by atoms with E-state index in [4.69, 9.17) is 5.73 Å². The van der Waals surface area contributed by atoms with Crippen LogP contribution in [-0.2, 0) is 5.75 Å². The van der Waals surface area contributed by atoms with Crippen LogP contribution in [0.1, 0.15) is 17.0 Å². The molecule has 0 aliphatic rings. The highest BCUT2D eigenvalue weighted by molar-refractivity contribution is 7.98. The molecular formula is C14H15N5S. The van der Waals surface area contributed by atoms with Gasteiger partial charge in [-0.25, -0.2) is 15.0 Å². The number of nitrogens with two attached hydrogens (primary N) is 1. The zero-order chi connectivity index (χ0) is 14.1. The largest absolute Gasteiger partial charge is 0.384 e. The molecule has 2 N–H and O–H groups in total. The summed E-state index contributed by atoms with van der Waals surface area (Å²) < 4.78 is 2.04. The number of aromatic nitrogens is 4. The highest BCUT2D eigenvalue weighted by atomic mass is 32.2. The molecule has 0 radical (unpaired) electrons. The molecule has 0 atom stereocenters. The van der Waals surface area contributed by atoms with Crippen molar-refractivity contribution in [3.63, 3.8) is 0 Å². The minimum absolute atomic E-state index is 0.505. The van der Waals surface area contributed by atoms with Gasteiger partial charge in [-0.2, -0.15) is 0 Å². The monoisotopic (exact) mass is 285 g/mol. The average molecular weight is 285 g/mol. The van der Waals surface area contributed by atoms with Crippen LogP contribution in [0.25, 0.3) is 5.65 Å². The van der Waals surface area contributed by atoms with Gasteiger partial charge in [0.25, 0.3) is 0 Å². The van der Waals surface area contributed by atoms with Gasteiger partial charge >= 0.3 is 0 Å². The van der Waals surface area contributed by atoms with Crippen molar-refractivity contribution in [1.82, 2.24) is 19.4 Å². The maximum Gasteiger partial charge on any atom is 0.190 e. The molecule has 5 nitrogen and oxygen atoms in total. The van der Waals surface area contributed by atoms with E-state index in [-0.39, 0.29) is 0 Å². The van der Waals surface area contributed by atoms with Gasteiger partial charge in [0, 0.05) is 29.9 Å². The highest BCUT2D eigenvalue weighted by Crippen LogP contribution is 2.20. The molecule has 3 aromatic heterocycles. The number of aryl methyl sites for hydroxylation is 2. The Hall–Kier alpha value is -2.08. The first-order chi connectivity index (χ1) is 9.60. The Morgan fingerprint density at radius 3 is 2.80 bits per heavy atom. The van der Waals surface area contributed by atoms with Gasteiger partial charge in [-0.05, 0) is 25.5 Å². The lowest BCUT2D eigenvalue weighted by molar-refractivity contribution is 0.939. The first-order valence-corrected chi connectivity index (χ1v) is 7.27. The van der Waals surface area contributed by atoms with Crippen molar-refractivity contribution in [2.75, 3.05) is 5.73 Å². The number of rotatable bonds is 3. The van der Waals surface area contributed by atoms with Crippen LogP contribution in [0.15, 0.2) is 35.7 Å². The number of imidazole rings is 1. The summed E-state index contributed by atoms with van der Waals surface area (Å²) in [5.74, 6) is 1.23. The number of thioether (sulfide) groups is 1. The molecule has 6 heteroatoms. The molecule has 0 saturated heterocycles. The highest BCUT2D eigenvalue weighted by Gasteiger charge is 2.05. The van der Waals surface area contributed by atoms with Crippen LogP contribution in [0.4, 0.5) is 5.82 Å². The first kappa shape index (κ1) is 12.9. The summed E-state index contributed by atoms with van der Waals surface area (Å²) in [5, 5.41) is 0.690. The molecule has 3 heterocycles. The number of nitrogens with zero attached hydrogens (tertiary/aromatic N) is 4. The van der Waals surface area contributed by atoms with E-state index in [1.165, 1.54) is 5.56 Å². The van der Waals surface area contributed by atoms with Crippen LogP contribution in [0.2, 0.25) is 0 Å². The van der Waals surface area contributed by atoms with Crippen molar-refractivity contribution < 1.29 is 0 Å². The zero-order valence-electron chi connectivity index (χ0n) is 11.4. The molecule has 0 fully saturated rings. The third-order valence-corrected chi connectivity index (χ3v) is 3.73. The maximum absolute atomic E-state index is 5.72. The number of hydrogen-bond donors (Lipinski definition) is 1. The Kier molecular flexibility index (Phi) is 3.31. The molecule has 20 heavy (non-hydrogen) atoms. The van der Waals surface area contributed by atoms with Crippen molar-refractivity contribution in [2.24, 2.45) is 0 Å². The van der Waals surface area contributed by atoms with Crippen molar-refractivity contribution in [3.05, 3.63) is 47.5 Å². The predicted octanol–water partition coefficient (Wildman–Crippen LogP) is 2.62. The fraction of sp³-hybridized carbons (Fsp3) is 0.214. The standard InChI is InChI=1S/C14H15N5S/c1-9-3-4-13-17-11(7-19(13)6-9)8-20-14-16-10(2)5-12(15)18-14/h3-7H,8H2,1-2H3,(H2,15,16,18). The van der Waals surface area contributed by atoms with Gasteiger partial charge in [0.1, 0.15) is 11.5 Å². The fourth-order valence-corrected chi connectivity index (χ4v) is 2.79. The second-order valence-electron chi connectivity index (χ2n) is 4.71. The molecule has 102 valence electrons. The Labute approximate surface area is 121 Å². The van der Waals surface area contributed by atoms with Gasteiger partial charge in [-0.1, -0.05) is 17.8 Å². The van der Waals surface area contributed by atoms with E-state index in [0.717, 1.165) is 22.8 Å². The topological polar surface area (TPSA) is 69.1 Å². The van der Waals surface area contributed by atoms with Crippen molar-refractivity contribution >= 4 is 23.2 Å². The summed E-state index contributed by atoms with van der Waals surface area (Å²) in [6.07, 6.45) is 4.10. The molecule has 0 aliphatic heterocycles. The van der Waals surface area contributed by atoms with Gasteiger partial charge in [-0.15, -0.1) is 0 Å². The van der Waals surface area contributed by atoms with Crippen molar-refractivity contribution in [3.8, 4) is 0 Å². The lowest BCUT2D eigenvalue weighted by Gasteiger charge is -2.00. The summed E-state index contributed by atoms with van der Waals surface area (Å²) in [5.41, 5.74) is 9.77. The Bertz CT molecular complexity index is 745. The SMILES string of the molecule is Cc1ccc2nc(CSc3nc(C)cc(N)n3)cn2c1. The molecular weight excluding hydrogens is 270 g/mol. The summed E-state index contributed by atoms with van der Waals surface area (Å²) in [7, 11) is 0. The Morgan fingerprint density at radius 1 is 1.15 bits per heavy atom. The number of hydrogen-bond acceptors (Lipinski definition) is 5. The number of anilines is 1. The van der Waals surface area contributed by atoms with Gasteiger partial charge in [-0.3, -0.25) is 0 Å². The van der Waals surface area contributed by atoms with Crippen molar-refractivity contribution in [1.29, 1.82) is 0 Å². The number of pyridine rings is 1. The van der Waals surface area contributed by atoms with Crippen LogP contribution in [0.5, 0.6) is 0 Å². The lowest BCUT2D eigenvalue weighted by Crippen LogP contribution is -1.96. The van der Waals surface area contributed by atoms with Gasteiger partial charge in [0.2, 0.25) is 0 Å². The van der Waals surface area contributed by atoms with Crippen molar-refractivity contribution in [2.45, 2.75) is 24.8 Å². The normalized spacial score (nSPS) is 11.1. The van der Waals surface area contributed by atoms with Crippen LogP contribution >= 0.6 is 11.8 Å². The van der Waals surface area contributed by atoms with E-state index in [0.29, 0.717) is 11.0 Å². The van der Waals surface area contributed by atoms with Crippen LogP contribution < -0.4 is 5.73 Å². The lowest BCUT2D eigenvalue weighted by atomic mass is 10.3. The Morgan fingerprint density at radius 2 is 2.00 bits per heavy atom. The Balaban J connectivity index is 1.79. The van der Waals surface area contributed by atoms with Gasteiger partial charge in [0.15, 0.2) is 5.16 Å². The van der Waals surface area contributed by atoms with E-state index in [9.17, 15) is 0 Å². The smallest absolute Gasteiger partial charge is 0.190 e. The minimum atomic E-state index is 0.505. The summed E-state index contributed by atoms with van der Waals surface area (Å²) >= 11 is 1.54. The quantitative estimate of drug-likeness (QED) is 0.592. The van der Waals surface area contributed by atoms with Crippen LogP contribution in [-0.4, -0.2) is 19.4 Å². The number of nitrogen functional groups attached to an aromatic ring is 1. The zero-order valence-corrected chi connectivity index (χ0v) is 12.2. The average Bonchev–Trinajstić information content (AvgIpc) is 2.77. The van der Waals surface area contributed by atoms with E-state index < -0.39 is 0 Å². The van der Waals surface area contributed by atoms with E-state index >= 15 is 0 Å². The molecule has 3 aromatic rings. The number of fused-ring (bicyclic) bond motifs is 1. The minimum Gasteiger partial charge on any atom is -0.384 e. The summed E-state index contributed by atoms with van der Waals surface area (Å²) in [4.78, 5) is 13.1. The molecule has 3 rings (SSSR count). The molecule has 0 saturated carbocycles. The second-order valence-corrected chi connectivity index (χ2v) is 5.65. The third-order valence-electron chi connectivity index (χ3n) is 2.85. The van der Waals surface area contributed by atoms with Crippen LogP contribution in [0, 0.1) is 13.8 Å². The molecule has 0 spiro atoms. The van der Waals surface area contributed by atoms with Gasteiger partial charge in [0.05, 0.1) is 5.69 Å². The molecule has 0 bridgehead atoms. The maximum atomic E-state index is 5.72. The third kappa shape index (κ3) is 2.75. The predicted molar refractivity (Wildman–Crippen MR) is 80.7 cm³/mol. The molecule has 0 unspecified atom stereocenters. The van der Waals surface area contributed by atoms with Gasteiger partial charge < -0.3 is 10.1 Å². The second kappa shape index (κ2) is 5.13. The van der Waals surface area contributed by atoms with E-state index in [1.807, 2.05) is 23.6 Å². The van der Waals surface area contributed by atoms with Crippen LogP contribution in [0.3, 0.4) is 0 Å². The molecule has 0 aliphatic carbocycles. The van der Waals surface area contributed by atoms with E-state index in [1.54, 1.807) is 17.8 Å². The summed E-state index contributed by atoms with van der Waals surface area (Å²) in [6, 6.07) is 5.84.